The van der Waals surface area contributed by atoms with Crippen LogP contribution in [0.3, 0.4) is 0 Å². The maximum absolute atomic E-state index is 5.01. The van der Waals surface area contributed by atoms with Crippen molar-refractivity contribution < 1.29 is 0 Å². The number of fused-ring (bicyclic) bond motifs is 6. The fourth-order valence-electron chi connectivity index (χ4n) is 8.96. The highest BCUT2D eigenvalue weighted by Gasteiger charge is 2.12. The van der Waals surface area contributed by atoms with E-state index in [2.05, 4.69) is 194 Å². The van der Waals surface area contributed by atoms with Gasteiger partial charge in [-0.25, -0.2) is 0 Å². The lowest BCUT2D eigenvalue weighted by Crippen LogP contribution is -1.89. The molecule has 0 fully saturated rings. The van der Waals surface area contributed by atoms with Gasteiger partial charge >= 0.3 is 0 Å². The predicted octanol–water partition coefficient (Wildman–Crippen LogP) is 15.5. The Morgan fingerprint density at radius 1 is 0.203 bits per heavy atom. The summed E-state index contributed by atoms with van der Waals surface area (Å²) in [5.41, 5.74) is 19.7. The van der Waals surface area contributed by atoms with Crippen LogP contribution in [0.4, 0.5) is 0 Å². The third kappa shape index (κ3) is 6.94. The first-order valence-corrected chi connectivity index (χ1v) is 21.6. The van der Waals surface area contributed by atoms with E-state index in [9.17, 15) is 0 Å². The molecule has 0 atom stereocenters. The quantitative estimate of drug-likeness (QED) is 0.150. The van der Waals surface area contributed by atoms with Crippen LogP contribution in [0, 0.1) is 0 Å². The van der Waals surface area contributed by atoms with Crippen LogP contribution >= 0.6 is 0 Å². The average Bonchev–Trinajstić information content (AvgIpc) is 3.38. The second-order valence-electron chi connectivity index (χ2n) is 16.4. The van der Waals surface area contributed by atoms with E-state index in [0.29, 0.717) is 0 Å². The summed E-state index contributed by atoms with van der Waals surface area (Å²) in [6.45, 7) is 0. The summed E-state index contributed by atoms with van der Waals surface area (Å²) in [6, 6.07) is 73.1. The topological polar surface area (TPSA) is 51.6 Å². The second kappa shape index (κ2) is 15.7. The lowest BCUT2D eigenvalue weighted by atomic mass is 9.97. The van der Waals surface area contributed by atoms with Crippen LogP contribution in [-0.4, -0.2) is 19.9 Å². The van der Waals surface area contributed by atoms with E-state index < -0.39 is 0 Å². The number of pyridine rings is 4. The van der Waals surface area contributed by atoms with Gasteiger partial charge < -0.3 is 0 Å². The molecule has 64 heavy (non-hydrogen) atoms. The van der Waals surface area contributed by atoms with Crippen molar-refractivity contribution in [2.75, 3.05) is 0 Å². The number of hydrogen-bond acceptors (Lipinski definition) is 4. The standard InChI is InChI=1S/C60H38N4/c1-3-9-39(10-4-1)45-13-7-15-47(29-45)51-31-49-25-27-57-55(59(49)63-37-51)33-53(35-61-57)43-21-17-41(18-22-43)42-19-23-44(24-20-42)54-34-56-58(62-36-54)28-26-50-32-52(38-64-60(50)56)48-16-8-14-46(30-48)40-11-5-2-6-12-40/h1-38H. The van der Waals surface area contributed by atoms with Crippen molar-refractivity contribution in [3.63, 3.8) is 0 Å². The van der Waals surface area contributed by atoms with Gasteiger partial charge in [0.2, 0.25) is 0 Å². The average molecular weight is 815 g/mol. The highest BCUT2D eigenvalue weighted by Crippen LogP contribution is 2.35. The van der Waals surface area contributed by atoms with E-state index in [1.165, 1.54) is 22.3 Å². The van der Waals surface area contributed by atoms with Crippen molar-refractivity contribution in [2.24, 2.45) is 0 Å². The lowest BCUT2D eigenvalue weighted by molar-refractivity contribution is 1.39. The Morgan fingerprint density at radius 2 is 0.516 bits per heavy atom. The number of hydrogen-bond donors (Lipinski definition) is 0. The fourth-order valence-corrected chi connectivity index (χ4v) is 8.96. The molecule has 0 aliphatic carbocycles. The zero-order valence-corrected chi connectivity index (χ0v) is 34.7. The molecule has 8 aromatic carbocycles. The van der Waals surface area contributed by atoms with E-state index in [1.807, 2.05) is 36.9 Å². The van der Waals surface area contributed by atoms with E-state index in [4.69, 9.17) is 19.9 Å². The Bertz CT molecular complexity index is 3450. The highest BCUT2D eigenvalue weighted by molar-refractivity contribution is 6.07. The van der Waals surface area contributed by atoms with Crippen LogP contribution in [0.5, 0.6) is 0 Å². The maximum Gasteiger partial charge on any atom is 0.0796 e. The SMILES string of the molecule is c1ccc(-c2cccc(-c3cnc4c(ccc5ncc(-c6ccc(-c7ccc(-c8cnc9ccc%10cc(-c%11cccc(-c%12ccccc%12)c%11)cnc%10c9c8)cc7)cc6)cc54)c3)c2)cc1. The molecule has 0 radical (unpaired) electrons. The highest BCUT2D eigenvalue weighted by atomic mass is 14.7. The maximum atomic E-state index is 5.01. The molecule has 0 spiro atoms. The van der Waals surface area contributed by atoms with Crippen molar-refractivity contribution in [3.8, 4) is 77.9 Å². The number of nitrogens with zero attached hydrogens (tertiary/aromatic N) is 4. The van der Waals surface area contributed by atoms with Crippen LogP contribution < -0.4 is 0 Å². The molecule has 4 nitrogen and oxygen atoms in total. The normalized spacial score (nSPS) is 11.4. The molecule has 0 unspecified atom stereocenters. The second-order valence-corrected chi connectivity index (χ2v) is 16.4. The summed E-state index contributed by atoms with van der Waals surface area (Å²) >= 11 is 0. The monoisotopic (exact) mass is 814 g/mol. The minimum atomic E-state index is 0.931. The van der Waals surface area contributed by atoms with Crippen molar-refractivity contribution in [1.29, 1.82) is 0 Å². The van der Waals surface area contributed by atoms with Gasteiger partial charge in [-0.1, -0.05) is 158 Å². The Kier molecular flexibility index (Phi) is 9.12. The van der Waals surface area contributed by atoms with Crippen molar-refractivity contribution in [1.82, 2.24) is 19.9 Å². The molecular formula is C60H38N4. The van der Waals surface area contributed by atoms with Gasteiger partial charge in [0.05, 0.1) is 22.1 Å². The molecule has 12 aromatic rings. The van der Waals surface area contributed by atoms with Crippen LogP contribution in [0.1, 0.15) is 0 Å². The summed E-state index contributed by atoms with van der Waals surface area (Å²) in [5.74, 6) is 0. The molecule has 0 saturated heterocycles. The van der Waals surface area contributed by atoms with Crippen molar-refractivity contribution in [3.05, 3.63) is 231 Å². The van der Waals surface area contributed by atoms with Crippen LogP contribution in [0.25, 0.3) is 122 Å². The Hall–Kier alpha value is -8.60. The smallest absolute Gasteiger partial charge is 0.0796 e. The number of rotatable bonds is 7. The summed E-state index contributed by atoms with van der Waals surface area (Å²) in [5, 5.41) is 4.27. The van der Waals surface area contributed by atoms with Gasteiger partial charge in [-0.15, -0.1) is 0 Å². The molecule has 0 bridgehead atoms. The van der Waals surface area contributed by atoms with Gasteiger partial charge in [0.1, 0.15) is 0 Å². The van der Waals surface area contributed by atoms with Crippen LogP contribution in [0.2, 0.25) is 0 Å². The predicted molar refractivity (Wildman–Crippen MR) is 266 cm³/mol. The molecule has 4 aromatic heterocycles. The molecule has 4 heterocycles. The van der Waals surface area contributed by atoms with Gasteiger partial charge in [-0.2, -0.15) is 0 Å². The minimum Gasteiger partial charge on any atom is -0.256 e. The number of benzene rings is 8. The molecule has 298 valence electrons. The Balaban J connectivity index is 0.791. The van der Waals surface area contributed by atoms with Gasteiger partial charge in [-0.05, 0) is 104 Å². The third-order valence-electron chi connectivity index (χ3n) is 12.4. The van der Waals surface area contributed by atoms with E-state index >= 15 is 0 Å². The van der Waals surface area contributed by atoms with Crippen molar-refractivity contribution >= 4 is 43.6 Å². The first-order valence-electron chi connectivity index (χ1n) is 21.6. The largest absolute Gasteiger partial charge is 0.256 e. The van der Waals surface area contributed by atoms with Crippen LogP contribution in [-0.2, 0) is 0 Å². The van der Waals surface area contributed by atoms with Gasteiger partial charge in [0.15, 0.2) is 0 Å². The Labute approximate surface area is 370 Å². The van der Waals surface area contributed by atoms with E-state index in [0.717, 1.165) is 99.2 Å². The third-order valence-corrected chi connectivity index (χ3v) is 12.4. The molecule has 0 saturated carbocycles. The lowest BCUT2D eigenvalue weighted by Gasteiger charge is -2.10. The van der Waals surface area contributed by atoms with Crippen molar-refractivity contribution in [2.45, 2.75) is 0 Å². The molecule has 0 amide bonds. The van der Waals surface area contributed by atoms with Gasteiger partial charge in [0.25, 0.3) is 0 Å². The van der Waals surface area contributed by atoms with Crippen LogP contribution in [0.15, 0.2) is 231 Å². The van der Waals surface area contributed by atoms with Gasteiger partial charge in [-0.3, -0.25) is 19.9 Å². The molecular weight excluding hydrogens is 777 g/mol. The zero-order chi connectivity index (χ0) is 42.4. The first-order chi connectivity index (χ1) is 31.7. The zero-order valence-electron chi connectivity index (χ0n) is 34.7. The minimum absolute atomic E-state index is 0.931. The summed E-state index contributed by atoms with van der Waals surface area (Å²) in [4.78, 5) is 19.8. The van der Waals surface area contributed by atoms with E-state index in [1.54, 1.807) is 0 Å². The summed E-state index contributed by atoms with van der Waals surface area (Å²) < 4.78 is 0. The molecule has 0 aliphatic heterocycles. The molecule has 0 N–H and O–H groups in total. The molecule has 4 heteroatoms. The molecule has 12 rings (SSSR count). The number of aromatic nitrogens is 4. The first kappa shape index (κ1) is 37.2. The summed E-state index contributed by atoms with van der Waals surface area (Å²) in [7, 11) is 0. The fraction of sp³-hybridized carbons (Fsp3) is 0. The van der Waals surface area contributed by atoms with E-state index in [-0.39, 0.29) is 0 Å². The molecule has 0 aliphatic rings. The summed E-state index contributed by atoms with van der Waals surface area (Å²) in [6.07, 6.45) is 7.89. The van der Waals surface area contributed by atoms with Gasteiger partial charge in [0, 0.05) is 68.6 Å². The Morgan fingerprint density at radius 3 is 0.922 bits per heavy atom.